The molecular weight excluding hydrogens is 380 g/mol. The molecule has 1 amide bonds. The van der Waals surface area contributed by atoms with Gasteiger partial charge >= 0.3 is 0 Å². The summed E-state index contributed by atoms with van der Waals surface area (Å²) in [6.45, 7) is 5.03. The summed E-state index contributed by atoms with van der Waals surface area (Å²) in [5, 5.41) is 0.684. The van der Waals surface area contributed by atoms with Crippen LogP contribution in [-0.2, 0) is 6.54 Å². The van der Waals surface area contributed by atoms with Gasteiger partial charge < -0.3 is 4.74 Å². The van der Waals surface area contributed by atoms with Gasteiger partial charge in [0.05, 0.1) is 23.4 Å². The second-order valence-corrected chi connectivity index (χ2v) is 7.81. The lowest BCUT2D eigenvalue weighted by atomic mass is 10.1. The molecular formula is C24H22N2O2S. The van der Waals surface area contributed by atoms with Gasteiger partial charge in [-0.25, -0.2) is 4.98 Å². The molecule has 0 aliphatic rings. The second kappa shape index (κ2) is 8.45. The van der Waals surface area contributed by atoms with Crippen LogP contribution < -0.4 is 9.64 Å². The van der Waals surface area contributed by atoms with Gasteiger partial charge in [-0.2, -0.15) is 0 Å². The molecule has 3 aromatic carbocycles. The van der Waals surface area contributed by atoms with Crippen molar-refractivity contribution in [2.24, 2.45) is 0 Å². The van der Waals surface area contributed by atoms with E-state index in [1.165, 1.54) is 11.3 Å². The van der Waals surface area contributed by atoms with Gasteiger partial charge in [0.25, 0.3) is 5.91 Å². The molecule has 4 nitrogen and oxygen atoms in total. The normalized spacial score (nSPS) is 10.8. The summed E-state index contributed by atoms with van der Waals surface area (Å²) in [6, 6.07) is 23.5. The van der Waals surface area contributed by atoms with Crippen molar-refractivity contribution in [3.8, 4) is 5.75 Å². The molecule has 146 valence electrons. The Kier molecular flexibility index (Phi) is 5.58. The largest absolute Gasteiger partial charge is 0.494 e. The zero-order valence-electron chi connectivity index (χ0n) is 16.5. The molecule has 0 saturated heterocycles. The van der Waals surface area contributed by atoms with E-state index < -0.39 is 0 Å². The SMILES string of the molecule is CCOc1ccc2nc(N(Cc3ccccc3)C(=O)c3cccc(C)c3)sc2c1. The fourth-order valence-electron chi connectivity index (χ4n) is 3.19. The molecule has 0 fully saturated rings. The average Bonchev–Trinajstić information content (AvgIpc) is 3.15. The van der Waals surface area contributed by atoms with Gasteiger partial charge in [-0.3, -0.25) is 9.69 Å². The van der Waals surface area contributed by atoms with E-state index in [0.717, 1.165) is 27.1 Å². The van der Waals surface area contributed by atoms with Crippen molar-refractivity contribution in [2.75, 3.05) is 11.5 Å². The first-order valence-electron chi connectivity index (χ1n) is 9.60. The number of ether oxygens (including phenoxy) is 1. The molecule has 29 heavy (non-hydrogen) atoms. The number of aryl methyl sites for hydroxylation is 1. The highest BCUT2D eigenvalue weighted by molar-refractivity contribution is 7.22. The Bertz CT molecular complexity index is 1140. The van der Waals surface area contributed by atoms with E-state index in [1.54, 1.807) is 4.90 Å². The van der Waals surface area contributed by atoms with Gasteiger partial charge in [-0.05, 0) is 49.7 Å². The molecule has 0 atom stereocenters. The molecule has 0 N–H and O–H groups in total. The summed E-state index contributed by atoms with van der Waals surface area (Å²) in [7, 11) is 0. The fourth-order valence-corrected chi connectivity index (χ4v) is 4.18. The molecule has 0 saturated carbocycles. The monoisotopic (exact) mass is 402 g/mol. The number of amides is 1. The Hall–Kier alpha value is -3.18. The number of aromatic nitrogens is 1. The summed E-state index contributed by atoms with van der Waals surface area (Å²) >= 11 is 1.51. The second-order valence-electron chi connectivity index (χ2n) is 6.81. The number of anilines is 1. The molecule has 4 rings (SSSR count). The van der Waals surface area contributed by atoms with E-state index in [9.17, 15) is 4.79 Å². The summed E-state index contributed by atoms with van der Waals surface area (Å²) in [5.41, 5.74) is 3.64. The summed E-state index contributed by atoms with van der Waals surface area (Å²) in [6.07, 6.45) is 0. The van der Waals surface area contributed by atoms with Crippen LogP contribution in [0.25, 0.3) is 10.2 Å². The van der Waals surface area contributed by atoms with Crippen LogP contribution in [0.1, 0.15) is 28.4 Å². The minimum Gasteiger partial charge on any atom is -0.494 e. The third-order valence-electron chi connectivity index (χ3n) is 4.58. The van der Waals surface area contributed by atoms with Crippen LogP contribution >= 0.6 is 11.3 Å². The maximum atomic E-state index is 13.4. The van der Waals surface area contributed by atoms with Gasteiger partial charge in [-0.15, -0.1) is 0 Å². The number of hydrogen-bond donors (Lipinski definition) is 0. The predicted molar refractivity (Wildman–Crippen MR) is 119 cm³/mol. The maximum absolute atomic E-state index is 13.4. The Labute approximate surface area is 174 Å². The lowest BCUT2D eigenvalue weighted by molar-refractivity contribution is 0.0985. The molecule has 1 aromatic heterocycles. The summed E-state index contributed by atoms with van der Waals surface area (Å²) in [5.74, 6) is 0.761. The van der Waals surface area contributed by atoms with Crippen LogP contribution in [0.4, 0.5) is 5.13 Å². The average molecular weight is 403 g/mol. The Morgan fingerprint density at radius 2 is 1.86 bits per heavy atom. The molecule has 0 aliphatic heterocycles. The number of hydrogen-bond acceptors (Lipinski definition) is 4. The van der Waals surface area contributed by atoms with Crippen LogP contribution in [0.3, 0.4) is 0 Å². The van der Waals surface area contributed by atoms with Gasteiger partial charge in [0, 0.05) is 5.56 Å². The maximum Gasteiger partial charge on any atom is 0.260 e. The number of carbonyl (C=O) groups excluding carboxylic acids is 1. The van der Waals surface area contributed by atoms with Crippen molar-refractivity contribution >= 4 is 32.6 Å². The van der Waals surface area contributed by atoms with Crippen molar-refractivity contribution in [2.45, 2.75) is 20.4 Å². The smallest absolute Gasteiger partial charge is 0.260 e. The van der Waals surface area contributed by atoms with Crippen LogP contribution in [-0.4, -0.2) is 17.5 Å². The molecule has 5 heteroatoms. The van der Waals surface area contributed by atoms with Crippen molar-refractivity contribution < 1.29 is 9.53 Å². The first-order chi connectivity index (χ1) is 14.1. The quantitative estimate of drug-likeness (QED) is 0.406. The van der Waals surface area contributed by atoms with Crippen molar-refractivity contribution in [3.63, 3.8) is 0 Å². The van der Waals surface area contributed by atoms with Crippen LogP contribution in [0.15, 0.2) is 72.8 Å². The molecule has 0 bridgehead atoms. The standard InChI is InChI=1S/C24H22N2O2S/c1-3-28-20-12-13-21-22(15-20)29-24(25-21)26(16-18-9-5-4-6-10-18)23(27)19-11-7-8-17(2)14-19/h4-15H,3,16H2,1-2H3. The van der Waals surface area contributed by atoms with Gasteiger partial charge in [0.2, 0.25) is 0 Å². The topological polar surface area (TPSA) is 42.4 Å². The first-order valence-corrected chi connectivity index (χ1v) is 10.4. The fraction of sp³-hybridized carbons (Fsp3) is 0.167. The molecule has 4 aromatic rings. The number of thiazole rings is 1. The van der Waals surface area contributed by atoms with Crippen LogP contribution in [0.2, 0.25) is 0 Å². The van der Waals surface area contributed by atoms with Crippen molar-refractivity contribution in [3.05, 3.63) is 89.5 Å². The molecule has 0 radical (unpaired) electrons. The Morgan fingerprint density at radius 1 is 1.03 bits per heavy atom. The minimum absolute atomic E-state index is 0.0540. The van der Waals surface area contributed by atoms with Gasteiger partial charge in [0.1, 0.15) is 5.75 Å². The highest BCUT2D eigenvalue weighted by atomic mass is 32.1. The lowest BCUT2D eigenvalue weighted by Crippen LogP contribution is -2.30. The van der Waals surface area contributed by atoms with E-state index in [1.807, 2.05) is 86.6 Å². The summed E-state index contributed by atoms with van der Waals surface area (Å²) in [4.78, 5) is 19.9. The Morgan fingerprint density at radius 3 is 2.62 bits per heavy atom. The van der Waals surface area contributed by atoms with Gasteiger partial charge in [-0.1, -0.05) is 59.4 Å². The molecule has 0 spiro atoms. The number of nitrogens with zero attached hydrogens (tertiary/aromatic N) is 2. The number of rotatable bonds is 6. The van der Waals surface area contributed by atoms with E-state index in [4.69, 9.17) is 9.72 Å². The first kappa shape index (κ1) is 19.2. The predicted octanol–water partition coefficient (Wildman–Crippen LogP) is 5.85. The number of fused-ring (bicyclic) bond motifs is 1. The molecule has 0 unspecified atom stereocenters. The lowest BCUT2D eigenvalue weighted by Gasteiger charge is -2.20. The van der Waals surface area contributed by atoms with E-state index in [-0.39, 0.29) is 5.91 Å². The van der Waals surface area contributed by atoms with Gasteiger partial charge in [0.15, 0.2) is 5.13 Å². The zero-order chi connectivity index (χ0) is 20.2. The van der Waals surface area contributed by atoms with Crippen LogP contribution in [0.5, 0.6) is 5.75 Å². The molecule has 0 aliphatic carbocycles. The third-order valence-corrected chi connectivity index (χ3v) is 5.63. The highest BCUT2D eigenvalue weighted by Gasteiger charge is 2.22. The van der Waals surface area contributed by atoms with E-state index in [0.29, 0.717) is 23.8 Å². The van der Waals surface area contributed by atoms with Crippen molar-refractivity contribution in [1.29, 1.82) is 0 Å². The number of carbonyl (C=O) groups is 1. The highest BCUT2D eigenvalue weighted by Crippen LogP contribution is 2.33. The van der Waals surface area contributed by atoms with E-state index in [2.05, 4.69) is 0 Å². The van der Waals surface area contributed by atoms with Crippen LogP contribution in [0, 0.1) is 6.92 Å². The minimum atomic E-state index is -0.0540. The van der Waals surface area contributed by atoms with Crippen molar-refractivity contribution in [1.82, 2.24) is 4.98 Å². The molecule has 1 heterocycles. The zero-order valence-corrected chi connectivity index (χ0v) is 17.3. The summed E-state index contributed by atoms with van der Waals surface area (Å²) < 4.78 is 6.61. The number of benzene rings is 3. The van der Waals surface area contributed by atoms with E-state index >= 15 is 0 Å². The third kappa shape index (κ3) is 4.30. The Balaban J connectivity index is 1.75.